The van der Waals surface area contributed by atoms with E-state index in [-0.39, 0.29) is 17.5 Å². The summed E-state index contributed by atoms with van der Waals surface area (Å²) in [7, 11) is 0. The molecule has 41 heavy (non-hydrogen) atoms. The van der Waals surface area contributed by atoms with Crippen LogP contribution < -0.4 is 14.4 Å². The van der Waals surface area contributed by atoms with E-state index in [0.717, 1.165) is 50.0 Å². The van der Waals surface area contributed by atoms with Gasteiger partial charge >= 0.3 is 17.5 Å². The van der Waals surface area contributed by atoms with E-state index in [1.54, 1.807) is 26.0 Å². The quantitative estimate of drug-likeness (QED) is 0.189. The van der Waals surface area contributed by atoms with Crippen molar-refractivity contribution in [2.45, 2.75) is 64.1 Å². The lowest BCUT2D eigenvalue weighted by molar-refractivity contribution is -0.389. The number of piperidine rings is 1. The zero-order valence-corrected chi connectivity index (χ0v) is 23.4. The molecule has 2 heterocycles. The van der Waals surface area contributed by atoms with E-state index in [0.29, 0.717) is 11.7 Å². The van der Waals surface area contributed by atoms with Gasteiger partial charge in [0.1, 0.15) is 17.7 Å². The number of alkyl halides is 3. The minimum Gasteiger partial charge on any atom is -0.470 e. The van der Waals surface area contributed by atoms with Crippen LogP contribution in [0.3, 0.4) is 0 Å². The molecule has 13 heteroatoms. The second-order valence-electron chi connectivity index (χ2n) is 10.8. The van der Waals surface area contributed by atoms with Gasteiger partial charge in [-0.2, -0.15) is 0 Å². The minimum atomic E-state index is -4.69. The normalized spacial score (nSPS) is 15.5. The summed E-state index contributed by atoms with van der Waals surface area (Å²) in [5, 5.41) is 21.4. The number of benzene rings is 2. The summed E-state index contributed by atoms with van der Waals surface area (Å²) in [5.41, 5.74) is 0.876. The third kappa shape index (κ3) is 8.99. The molecule has 0 bridgehead atoms. The molecular weight excluding hydrogens is 565 g/mol. The molecule has 1 aliphatic heterocycles. The van der Waals surface area contributed by atoms with Gasteiger partial charge in [0.05, 0.1) is 5.60 Å². The number of anilines is 1. The van der Waals surface area contributed by atoms with Crippen molar-refractivity contribution in [1.82, 2.24) is 9.55 Å². The summed E-state index contributed by atoms with van der Waals surface area (Å²) in [5.74, 6) is 0.406. The predicted octanol–water partition coefficient (Wildman–Crippen LogP) is 6.93. The third-order valence-corrected chi connectivity index (χ3v) is 7.21. The number of aliphatic hydroxyl groups is 1. The third-order valence-electron chi connectivity index (χ3n) is 6.93. The number of nitro groups is 1. The van der Waals surface area contributed by atoms with E-state index in [1.165, 1.54) is 22.9 Å². The molecule has 1 unspecified atom stereocenters. The fourth-order valence-electron chi connectivity index (χ4n) is 4.87. The van der Waals surface area contributed by atoms with Gasteiger partial charge in [-0.1, -0.05) is 12.1 Å². The van der Waals surface area contributed by atoms with Crippen LogP contribution in [0.5, 0.6) is 11.5 Å². The summed E-state index contributed by atoms with van der Waals surface area (Å²) in [6.07, 6.45) is -0.467. The van der Waals surface area contributed by atoms with Crippen LogP contribution in [-0.4, -0.2) is 44.6 Å². The molecule has 0 saturated carbocycles. The molecule has 1 aliphatic rings. The van der Waals surface area contributed by atoms with Gasteiger partial charge in [0.2, 0.25) is 0 Å². The summed E-state index contributed by atoms with van der Waals surface area (Å²) in [6.45, 7) is 4.97. The summed E-state index contributed by atoms with van der Waals surface area (Å²) in [6, 6.07) is 13.5. The van der Waals surface area contributed by atoms with E-state index in [2.05, 4.69) is 14.6 Å². The van der Waals surface area contributed by atoms with Crippen molar-refractivity contribution in [2.24, 2.45) is 5.92 Å². The van der Waals surface area contributed by atoms with Crippen molar-refractivity contribution in [3.8, 4) is 11.5 Å². The number of imidazole rings is 1. The first-order valence-corrected chi connectivity index (χ1v) is 13.6. The average molecular weight is 597 g/mol. The molecule has 222 valence electrons. The number of rotatable bonds is 11. The van der Waals surface area contributed by atoms with Crippen LogP contribution in [0.15, 0.2) is 54.7 Å². The maximum absolute atomic E-state index is 12.3. The number of aromatic nitrogens is 2. The SMILES string of the molecule is CC(C)(O)CC(Oc1ccc(N2CCC(CCc3ccc(OC(F)(F)F)cc3)CC2)cc1)n1cc([N+](=O)[O-])nc1Cl. The fourth-order valence-corrected chi connectivity index (χ4v) is 5.12. The topological polar surface area (TPSA) is 103 Å². The molecule has 3 aromatic rings. The zero-order valence-electron chi connectivity index (χ0n) is 22.7. The molecule has 0 spiro atoms. The molecule has 0 amide bonds. The Balaban J connectivity index is 1.30. The largest absolute Gasteiger partial charge is 0.573 e. The van der Waals surface area contributed by atoms with E-state index in [1.807, 2.05) is 24.3 Å². The number of nitrogens with zero attached hydrogens (tertiary/aromatic N) is 4. The molecule has 2 aromatic carbocycles. The molecule has 0 aliphatic carbocycles. The molecule has 4 rings (SSSR count). The van der Waals surface area contributed by atoms with Crippen molar-refractivity contribution in [3.63, 3.8) is 0 Å². The van der Waals surface area contributed by atoms with Crippen LogP contribution in [0.2, 0.25) is 5.28 Å². The standard InChI is InChI=1S/C28H32ClF3N4O5/c1-27(2,37)17-25(35-18-24(36(38)39)33-26(35)29)40-22-11-7-21(8-12-22)34-15-13-20(14-16-34)4-3-19-5-9-23(10-6-19)41-28(30,31)32/h5-12,18,20,25,37H,3-4,13-17H2,1-2H3. The lowest BCUT2D eigenvalue weighted by Crippen LogP contribution is -2.33. The highest BCUT2D eigenvalue weighted by Gasteiger charge is 2.31. The first-order valence-electron chi connectivity index (χ1n) is 13.2. The van der Waals surface area contributed by atoms with E-state index >= 15 is 0 Å². The van der Waals surface area contributed by atoms with Crippen LogP contribution in [-0.2, 0) is 6.42 Å². The second-order valence-corrected chi connectivity index (χ2v) is 11.1. The molecule has 1 saturated heterocycles. The Morgan fingerprint density at radius 2 is 1.71 bits per heavy atom. The van der Waals surface area contributed by atoms with Crippen LogP contribution >= 0.6 is 11.6 Å². The number of hydrogen-bond donors (Lipinski definition) is 1. The average Bonchev–Trinajstić information content (AvgIpc) is 3.29. The van der Waals surface area contributed by atoms with Gasteiger partial charge < -0.3 is 29.6 Å². The van der Waals surface area contributed by atoms with Gasteiger partial charge in [0, 0.05) is 25.2 Å². The van der Waals surface area contributed by atoms with Crippen molar-refractivity contribution >= 4 is 23.1 Å². The molecule has 1 N–H and O–H groups in total. The maximum atomic E-state index is 12.3. The Kier molecular flexibility index (Phi) is 9.33. The molecule has 9 nitrogen and oxygen atoms in total. The number of ether oxygens (including phenoxy) is 2. The summed E-state index contributed by atoms with van der Waals surface area (Å²) < 4.78 is 48.4. The van der Waals surface area contributed by atoms with Crippen LogP contribution in [0.4, 0.5) is 24.7 Å². The number of halogens is 4. The van der Waals surface area contributed by atoms with Crippen molar-refractivity contribution < 1.29 is 32.7 Å². The highest BCUT2D eigenvalue weighted by molar-refractivity contribution is 6.28. The zero-order chi connectivity index (χ0) is 29.8. The Bertz CT molecular complexity index is 1300. The maximum Gasteiger partial charge on any atom is 0.573 e. The van der Waals surface area contributed by atoms with Gasteiger partial charge in [0.15, 0.2) is 6.23 Å². The smallest absolute Gasteiger partial charge is 0.470 e. The van der Waals surface area contributed by atoms with Crippen LogP contribution in [0, 0.1) is 16.0 Å². The number of aryl methyl sites for hydroxylation is 1. The van der Waals surface area contributed by atoms with Gasteiger partial charge in [-0.25, -0.2) is 0 Å². The van der Waals surface area contributed by atoms with Gasteiger partial charge in [-0.3, -0.25) is 4.57 Å². The van der Waals surface area contributed by atoms with Crippen molar-refractivity contribution in [2.75, 3.05) is 18.0 Å². The van der Waals surface area contributed by atoms with Crippen LogP contribution in [0.1, 0.15) is 51.3 Å². The molecule has 1 aromatic heterocycles. The van der Waals surface area contributed by atoms with E-state index in [9.17, 15) is 28.4 Å². The Labute approximate surface area is 240 Å². The highest BCUT2D eigenvalue weighted by atomic mass is 35.5. The van der Waals surface area contributed by atoms with Gasteiger partial charge in [-0.05, 0) is 109 Å². The number of hydrogen-bond acceptors (Lipinski definition) is 7. The fraction of sp³-hybridized carbons (Fsp3) is 0.464. The van der Waals surface area contributed by atoms with Gasteiger partial charge in [0.25, 0.3) is 0 Å². The first-order chi connectivity index (χ1) is 19.3. The first kappa shape index (κ1) is 30.4. The predicted molar refractivity (Wildman–Crippen MR) is 147 cm³/mol. The molecule has 1 atom stereocenters. The lowest BCUT2D eigenvalue weighted by atomic mass is 9.90. The van der Waals surface area contributed by atoms with E-state index in [4.69, 9.17) is 16.3 Å². The highest BCUT2D eigenvalue weighted by Crippen LogP contribution is 2.32. The van der Waals surface area contributed by atoms with Crippen molar-refractivity contribution in [1.29, 1.82) is 0 Å². The van der Waals surface area contributed by atoms with E-state index < -0.39 is 28.9 Å². The molecule has 0 radical (unpaired) electrons. The molecule has 1 fully saturated rings. The second kappa shape index (κ2) is 12.6. The Hall–Kier alpha value is -3.51. The lowest BCUT2D eigenvalue weighted by Gasteiger charge is -2.34. The molecular formula is C28H32ClF3N4O5. The Morgan fingerprint density at radius 3 is 2.24 bits per heavy atom. The Morgan fingerprint density at radius 1 is 1.10 bits per heavy atom. The monoisotopic (exact) mass is 596 g/mol. The van der Waals surface area contributed by atoms with Crippen molar-refractivity contribution in [3.05, 3.63) is 75.7 Å². The summed E-state index contributed by atoms with van der Waals surface area (Å²) >= 11 is 6.14. The van der Waals surface area contributed by atoms with Crippen LogP contribution in [0.25, 0.3) is 0 Å². The minimum absolute atomic E-state index is 0.112. The van der Waals surface area contributed by atoms with Gasteiger partial charge in [-0.15, -0.1) is 13.2 Å². The summed E-state index contributed by atoms with van der Waals surface area (Å²) in [4.78, 5) is 16.5.